The second kappa shape index (κ2) is 10.5. The van der Waals surface area contributed by atoms with Crippen molar-refractivity contribution in [3.8, 4) is 0 Å². The smallest absolute Gasteiger partial charge is 0.356 e. The van der Waals surface area contributed by atoms with Gasteiger partial charge in [-0.2, -0.15) is 3.89 Å². The molecule has 0 unspecified atom stereocenters. The molecule has 0 saturated carbocycles. The summed E-state index contributed by atoms with van der Waals surface area (Å²) in [7, 11) is -4.22. The number of anilines is 1. The van der Waals surface area contributed by atoms with Crippen LogP contribution in [0.1, 0.15) is 30.0 Å². The normalized spacial score (nSPS) is 11.9. The van der Waals surface area contributed by atoms with Gasteiger partial charge in [0.05, 0.1) is 42.2 Å². The van der Waals surface area contributed by atoms with Crippen LogP contribution in [0.5, 0.6) is 0 Å². The first-order chi connectivity index (χ1) is 14.6. The number of hydrogen-bond acceptors (Lipinski definition) is 9. The first-order valence-corrected chi connectivity index (χ1v) is 11.7. The summed E-state index contributed by atoms with van der Waals surface area (Å²) in [6.45, 7) is 3.36. The lowest BCUT2D eigenvalue weighted by molar-refractivity contribution is -0.716. The number of carbonyl (C=O) groups is 2. The molecule has 170 valence electrons. The third-order valence-corrected chi connectivity index (χ3v) is 7.11. The number of sulfonamides is 1. The summed E-state index contributed by atoms with van der Waals surface area (Å²) in [6, 6.07) is 5.64. The van der Waals surface area contributed by atoms with E-state index in [1.54, 1.807) is 26.0 Å². The number of primary sulfonamides is 1. The number of nitrogens with zero attached hydrogens (tertiary/aromatic N) is 1. The largest absolute Gasteiger partial charge is 0.467 e. The van der Waals surface area contributed by atoms with Crippen LogP contribution < -0.4 is 10.5 Å². The number of quaternary nitrogens is 1. The second-order valence-electron chi connectivity index (χ2n) is 6.33. The lowest BCUT2D eigenvalue weighted by atomic mass is 10.1. The molecule has 0 saturated heterocycles. The second-order valence-corrected chi connectivity index (χ2v) is 9.28. The number of furan rings is 1. The maximum absolute atomic E-state index is 12.8. The predicted octanol–water partition coefficient (Wildman–Crippen LogP) is 2.29. The van der Waals surface area contributed by atoms with E-state index in [0.29, 0.717) is 18.0 Å². The maximum Gasteiger partial charge on any atom is 0.356 e. The molecule has 2 rings (SSSR count). The molecule has 0 bridgehead atoms. The monoisotopic (exact) mass is 492 g/mol. The standard InChI is InChI=1S/C18H22ClN3O7S2/c1-3-22(4-2,17(24)11-23)30-29-18(25)13-8-16(31(20,26)27)14(19)9-15(13)21-10-12-6-5-7-28-12/h5-9,23H,3-4,10-11H2,1-2H3,(H2-,20,21,25,26,27)/p+1. The topological polar surface area (TPSA) is 149 Å². The van der Waals surface area contributed by atoms with Crippen molar-refractivity contribution in [2.24, 2.45) is 5.14 Å². The number of nitrogens with one attached hydrogen (secondary N) is 1. The minimum atomic E-state index is -4.22. The number of aliphatic hydroxyl groups excluding tert-OH is 1. The third kappa shape index (κ3) is 5.99. The number of carbonyl (C=O) groups excluding carboxylic acids is 2. The molecule has 1 amide bonds. The van der Waals surface area contributed by atoms with E-state index in [9.17, 15) is 23.1 Å². The van der Waals surface area contributed by atoms with Gasteiger partial charge in [-0.15, -0.1) is 0 Å². The average Bonchev–Trinajstić information content (AvgIpc) is 3.25. The van der Waals surface area contributed by atoms with Gasteiger partial charge >= 0.3 is 24.1 Å². The Kier molecular flexibility index (Phi) is 8.51. The quantitative estimate of drug-likeness (QED) is 0.258. The summed E-state index contributed by atoms with van der Waals surface area (Å²) in [5.41, 5.74) is 0.0215. The van der Waals surface area contributed by atoms with Crippen molar-refractivity contribution in [2.45, 2.75) is 25.3 Å². The number of aliphatic hydroxyl groups is 1. The molecule has 0 aliphatic carbocycles. The summed E-state index contributed by atoms with van der Waals surface area (Å²) < 4.78 is 33.8. The minimum absolute atomic E-state index is 0.158. The van der Waals surface area contributed by atoms with E-state index >= 15 is 0 Å². The molecular formula is C18H23ClN3O7S2+. The number of hydrogen-bond donors (Lipinski definition) is 3. The number of likely N-dealkylation sites (N-methyl/N-ethyl adjacent to an activating group) is 1. The fourth-order valence-corrected chi connectivity index (χ4v) is 4.44. The molecule has 10 nitrogen and oxygen atoms in total. The van der Waals surface area contributed by atoms with Gasteiger partial charge in [0.1, 0.15) is 10.7 Å². The van der Waals surface area contributed by atoms with Crippen molar-refractivity contribution >= 4 is 51.4 Å². The number of rotatable bonds is 10. The molecule has 0 aliphatic heterocycles. The lowest BCUT2D eigenvalue weighted by Gasteiger charge is -2.27. The number of benzene rings is 1. The van der Waals surface area contributed by atoms with Gasteiger partial charge < -0.3 is 19.0 Å². The highest BCUT2D eigenvalue weighted by atomic mass is 35.5. The van der Waals surface area contributed by atoms with Crippen LogP contribution in [0.2, 0.25) is 5.02 Å². The zero-order chi connectivity index (χ0) is 23.2. The Morgan fingerprint density at radius 3 is 2.52 bits per heavy atom. The molecule has 2 aromatic rings. The van der Waals surface area contributed by atoms with Crippen molar-refractivity contribution in [3.05, 3.63) is 46.9 Å². The van der Waals surface area contributed by atoms with E-state index in [1.165, 1.54) is 12.3 Å². The molecule has 0 spiro atoms. The molecule has 0 fully saturated rings. The fourth-order valence-electron chi connectivity index (χ4n) is 2.68. The van der Waals surface area contributed by atoms with E-state index < -0.39 is 33.4 Å². The Labute approximate surface area is 189 Å². The van der Waals surface area contributed by atoms with Crippen molar-refractivity contribution in [1.82, 2.24) is 0 Å². The van der Waals surface area contributed by atoms with Crippen molar-refractivity contribution in [3.63, 3.8) is 0 Å². The number of nitrogens with two attached hydrogens (primary N) is 1. The Morgan fingerprint density at radius 1 is 1.32 bits per heavy atom. The lowest BCUT2D eigenvalue weighted by Crippen LogP contribution is -2.48. The molecule has 1 heterocycles. The van der Waals surface area contributed by atoms with E-state index in [0.717, 1.165) is 6.07 Å². The first-order valence-electron chi connectivity index (χ1n) is 9.12. The molecule has 0 aliphatic rings. The molecule has 0 atom stereocenters. The van der Waals surface area contributed by atoms with Gasteiger partial charge in [-0.05, 0) is 38.1 Å². The van der Waals surface area contributed by atoms with E-state index in [1.807, 2.05) is 0 Å². The Morgan fingerprint density at radius 2 is 2.00 bits per heavy atom. The third-order valence-electron chi connectivity index (χ3n) is 4.50. The molecule has 0 radical (unpaired) electrons. The van der Waals surface area contributed by atoms with E-state index in [4.69, 9.17) is 25.3 Å². The molecule has 1 aromatic carbocycles. The highest BCUT2D eigenvalue weighted by Gasteiger charge is 2.38. The Balaban J connectivity index is 2.38. The van der Waals surface area contributed by atoms with Gasteiger partial charge in [0.15, 0.2) is 6.61 Å². The Hall–Kier alpha value is -2.09. The van der Waals surface area contributed by atoms with Gasteiger partial charge in [0.2, 0.25) is 10.0 Å². The van der Waals surface area contributed by atoms with Crippen LogP contribution in [-0.2, 0) is 25.5 Å². The summed E-state index contributed by atoms with van der Waals surface area (Å²) >= 11 is 6.62. The SMILES string of the molecule is CC[N+](CC)(SOC(=O)c1cc(S(N)(=O)=O)c(Cl)cc1NCc1ccco1)C(=O)CO. The van der Waals surface area contributed by atoms with Crippen molar-refractivity contribution in [2.75, 3.05) is 25.0 Å². The van der Waals surface area contributed by atoms with E-state index in [-0.39, 0.29) is 39.8 Å². The highest BCUT2D eigenvalue weighted by Crippen LogP contribution is 2.32. The minimum Gasteiger partial charge on any atom is -0.467 e. The van der Waals surface area contributed by atoms with Crippen LogP contribution in [0.3, 0.4) is 0 Å². The number of amides is 1. The first kappa shape index (κ1) is 25.2. The zero-order valence-electron chi connectivity index (χ0n) is 16.8. The van der Waals surface area contributed by atoms with E-state index in [2.05, 4.69) is 5.32 Å². The molecular weight excluding hydrogens is 470 g/mol. The molecule has 1 aromatic heterocycles. The molecule has 13 heteroatoms. The van der Waals surface area contributed by atoms with Gasteiger partial charge in [-0.25, -0.2) is 23.1 Å². The van der Waals surface area contributed by atoms with Crippen molar-refractivity contribution < 1.29 is 35.6 Å². The van der Waals surface area contributed by atoms with Crippen LogP contribution in [0, 0.1) is 0 Å². The molecule has 31 heavy (non-hydrogen) atoms. The number of halogens is 1. The summed E-state index contributed by atoms with van der Waals surface area (Å²) in [6.07, 6.45) is 1.48. The van der Waals surface area contributed by atoms with Crippen LogP contribution in [-0.4, -0.2) is 49.0 Å². The van der Waals surface area contributed by atoms with Crippen LogP contribution in [0.25, 0.3) is 0 Å². The fraction of sp³-hybridized carbons (Fsp3) is 0.333. The maximum atomic E-state index is 12.8. The van der Waals surface area contributed by atoms with Crippen LogP contribution in [0.4, 0.5) is 5.69 Å². The molecule has 4 N–H and O–H groups in total. The van der Waals surface area contributed by atoms with Crippen LogP contribution >= 0.6 is 23.8 Å². The Bertz CT molecular complexity index is 1040. The van der Waals surface area contributed by atoms with Gasteiger partial charge in [-0.1, -0.05) is 11.6 Å². The predicted molar refractivity (Wildman–Crippen MR) is 115 cm³/mol. The summed E-state index contributed by atoms with van der Waals surface area (Å²) in [5, 5.41) is 17.2. The van der Waals surface area contributed by atoms with Gasteiger partial charge in [-0.3, -0.25) is 0 Å². The van der Waals surface area contributed by atoms with Gasteiger partial charge in [0, 0.05) is 0 Å². The summed E-state index contributed by atoms with van der Waals surface area (Å²) in [5.74, 6) is -0.912. The zero-order valence-corrected chi connectivity index (χ0v) is 19.2. The van der Waals surface area contributed by atoms with Gasteiger partial charge in [0.25, 0.3) is 0 Å². The highest BCUT2D eigenvalue weighted by molar-refractivity contribution is 7.89. The van der Waals surface area contributed by atoms with Crippen molar-refractivity contribution in [1.29, 1.82) is 0 Å². The summed E-state index contributed by atoms with van der Waals surface area (Å²) in [4.78, 5) is 24.5. The van der Waals surface area contributed by atoms with Crippen LogP contribution in [0.15, 0.2) is 39.8 Å². The average molecular weight is 493 g/mol.